The lowest BCUT2D eigenvalue weighted by Gasteiger charge is -2.15. The Morgan fingerprint density at radius 2 is 1.94 bits per heavy atom. The normalized spacial score (nSPS) is 13.6. The Balaban J connectivity index is 1.27. The molecule has 1 aliphatic rings. The van der Waals surface area contributed by atoms with Gasteiger partial charge >= 0.3 is 0 Å². The SMILES string of the molecule is COCCn1c2c(c3cc(C(=O)NCCOCCNS(=O)(=O)c4cccnc4)ccc31)CCCC2. The number of aromatic nitrogens is 2. The van der Waals surface area contributed by atoms with Crippen molar-refractivity contribution in [2.75, 3.05) is 40.0 Å². The van der Waals surface area contributed by atoms with Gasteiger partial charge in [0.05, 0.1) is 19.8 Å². The summed E-state index contributed by atoms with van der Waals surface area (Å²) < 4.78 is 39.8. The fourth-order valence-corrected chi connectivity index (χ4v) is 5.47. The van der Waals surface area contributed by atoms with E-state index in [0.29, 0.717) is 18.7 Å². The molecule has 0 spiro atoms. The fourth-order valence-electron chi connectivity index (χ4n) is 4.49. The molecule has 0 saturated carbocycles. The van der Waals surface area contributed by atoms with E-state index in [1.54, 1.807) is 13.2 Å². The highest BCUT2D eigenvalue weighted by Gasteiger charge is 2.21. The minimum atomic E-state index is -3.60. The number of nitrogens with one attached hydrogen (secondary N) is 2. The van der Waals surface area contributed by atoms with E-state index < -0.39 is 10.0 Å². The van der Waals surface area contributed by atoms with Gasteiger partial charge in [-0.2, -0.15) is 0 Å². The Kier molecular flexibility index (Phi) is 8.50. The molecule has 3 aromatic rings. The van der Waals surface area contributed by atoms with Gasteiger partial charge in [0.25, 0.3) is 5.91 Å². The molecule has 35 heavy (non-hydrogen) atoms. The van der Waals surface area contributed by atoms with Gasteiger partial charge in [0.15, 0.2) is 0 Å². The number of hydrogen-bond donors (Lipinski definition) is 2. The maximum atomic E-state index is 12.7. The summed E-state index contributed by atoms with van der Waals surface area (Å²) in [6.07, 6.45) is 7.26. The lowest BCUT2D eigenvalue weighted by Crippen LogP contribution is -2.30. The second kappa shape index (κ2) is 11.8. The molecular weight excluding hydrogens is 468 g/mol. The van der Waals surface area contributed by atoms with Crippen LogP contribution in [0.3, 0.4) is 0 Å². The molecule has 2 aromatic heterocycles. The van der Waals surface area contributed by atoms with Crippen LogP contribution in [0.1, 0.15) is 34.5 Å². The van der Waals surface area contributed by atoms with Crippen LogP contribution in [-0.2, 0) is 38.9 Å². The van der Waals surface area contributed by atoms with Gasteiger partial charge in [-0.05, 0) is 61.6 Å². The molecule has 1 aliphatic carbocycles. The second-order valence-electron chi connectivity index (χ2n) is 8.46. The molecule has 0 saturated heterocycles. The molecular formula is C25H32N4O5S. The van der Waals surface area contributed by atoms with Crippen molar-refractivity contribution in [3.8, 4) is 0 Å². The number of carbonyl (C=O) groups excluding carboxylic acids is 1. The van der Waals surface area contributed by atoms with Crippen LogP contribution in [0.4, 0.5) is 0 Å². The van der Waals surface area contributed by atoms with E-state index in [9.17, 15) is 13.2 Å². The number of sulfonamides is 1. The maximum absolute atomic E-state index is 12.7. The van der Waals surface area contributed by atoms with Crippen molar-refractivity contribution in [2.24, 2.45) is 0 Å². The highest BCUT2D eigenvalue weighted by molar-refractivity contribution is 7.89. The van der Waals surface area contributed by atoms with Crippen LogP contribution in [0.15, 0.2) is 47.6 Å². The number of fused-ring (bicyclic) bond motifs is 3. The zero-order valence-electron chi connectivity index (χ0n) is 20.0. The molecule has 0 radical (unpaired) electrons. The molecule has 0 bridgehead atoms. The predicted octanol–water partition coefficient (Wildman–Crippen LogP) is 2.29. The van der Waals surface area contributed by atoms with E-state index in [1.165, 1.54) is 42.6 Å². The quantitative estimate of drug-likeness (QED) is 0.369. The van der Waals surface area contributed by atoms with Crippen molar-refractivity contribution in [1.29, 1.82) is 0 Å². The van der Waals surface area contributed by atoms with Crippen molar-refractivity contribution in [1.82, 2.24) is 19.6 Å². The second-order valence-corrected chi connectivity index (χ2v) is 10.2. The van der Waals surface area contributed by atoms with Crippen molar-refractivity contribution < 1.29 is 22.7 Å². The summed E-state index contributed by atoms with van der Waals surface area (Å²) in [6, 6.07) is 8.93. The molecule has 1 amide bonds. The number of carbonyl (C=O) groups is 1. The Bertz CT molecular complexity index is 1260. The molecule has 2 heterocycles. The molecule has 0 aliphatic heterocycles. The van der Waals surface area contributed by atoms with Gasteiger partial charge in [0.2, 0.25) is 10.0 Å². The summed E-state index contributed by atoms with van der Waals surface area (Å²) in [6.45, 7) is 2.41. The zero-order valence-corrected chi connectivity index (χ0v) is 20.8. The van der Waals surface area contributed by atoms with Gasteiger partial charge in [0, 0.05) is 61.3 Å². The molecule has 2 N–H and O–H groups in total. The number of nitrogens with zero attached hydrogens (tertiary/aromatic N) is 2. The first-order valence-corrected chi connectivity index (χ1v) is 13.4. The molecule has 0 unspecified atom stereocenters. The van der Waals surface area contributed by atoms with Crippen molar-refractivity contribution in [3.63, 3.8) is 0 Å². The third-order valence-corrected chi connectivity index (χ3v) is 7.62. The Labute approximate surface area is 205 Å². The number of aryl methyl sites for hydroxylation is 1. The topological polar surface area (TPSA) is 112 Å². The molecule has 1 aromatic carbocycles. The number of methoxy groups -OCH3 is 1. The number of hydrogen-bond acceptors (Lipinski definition) is 6. The van der Waals surface area contributed by atoms with Crippen LogP contribution < -0.4 is 10.0 Å². The first-order valence-electron chi connectivity index (χ1n) is 11.9. The Morgan fingerprint density at radius 3 is 2.74 bits per heavy atom. The van der Waals surface area contributed by atoms with E-state index >= 15 is 0 Å². The van der Waals surface area contributed by atoms with Crippen LogP contribution in [0.2, 0.25) is 0 Å². The predicted molar refractivity (Wildman–Crippen MR) is 133 cm³/mol. The lowest BCUT2D eigenvalue weighted by atomic mass is 9.95. The number of pyridine rings is 1. The number of rotatable bonds is 12. The molecule has 0 fully saturated rings. The van der Waals surface area contributed by atoms with Crippen LogP contribution in [0, 0.1) is 0 Å². The van der Waals surface area contributed by atoms with E-state index in [4.69, 9.17) is 9.47 Å². The molecule has 4 rings (SSSR count). The minimum Gasteiger partial charge on any atom is -0.383 e. The number of ether oxygens (including phenoxy) is 2. The highest BCUT2D eigenvalue weighted by atomic mass is 32.2. The molecule has 9 nitrogen and oxygen atoms in total. The van der Waals surface area contributed by atoms with Crippen molar-refractivity contribution in [2.45, 2.75) is 37.1 Å². The van der Waals surface area contributed by atoms with Crippen LogP contribution >= 0.6 is 0 Å². The van der Waals surface area contributed by atoms with Crippen LogP contribution in [0.5, 0.6) is 0 Å². The van der Waals surface area contributed by atoms with Gasteiger partial charge in [0.1, 0.15) is 4.90 Å². The van der Waals surface area contributed by atoms with E-state index in [0.717, 1.165) is 30.3 Å². The summed E-state index contributed by atoms with van der Waals surface area (Å²) in [5.41, 5.74) is 4.50. The summed E-state index contributed by atoms with van der Waals surface area (Å²) >= 11 is 0. The summed E-state index contributed by atoms with van der Waals surface area (Å²) in [5.74, 6) is -0.151. The minimum absolute atomic E-state index is 0.111. The summed E-state index contributed by atoms with van der Waals surface area (Å²) in [4.78, 5) is 16.6. The monoisotopic (exact) mass is 500 g/mol. The Hall–Kier alpha value is -2.79. The fraction of sp³-hybridized carbons (Fsp3) is 0.440. The largest absolute Gasteiger partial charge is 0.383 e. The smallest absolute Gasteiger partial charge is 0.251 e. The lowest BCUT2D eigenvalue weighted by molar-refractivity contribution is 0.0919. The standard InChI is InChI=1S/C25H32N4O5S/c1-33-16-13-29-23-7-3-2-6-21(23)22-17-19(8-9-24(22)29)25(30)27-11-14-34-15-12-28-35(31,32)20-5-4-10-26-18-20/h4-5,8-10,17-18,28H,2-3,6-7,11-16H2,1H3,(H,27,30). The molecule has 0 atom stereocenters. The van der Waals surface area contributed by atoms with Gasteiger partial charge in [-0.1, -0.05) is 0 Å². The summed E-state index contributed by atoms with van der Waals surface area (Å²) in [5, 5.41) is 4.03. The van der Waals surface area contributed by atoms with E-state index in [1.807, 2.05) is 18.2 Å². The number of amides is 1. The third-order valence-electron chi connectivity index (χ3n) is 6.17. The van der Waals surface area contributed by atoms with Crippen LogP contribution in [-0.4, -0.2) is 63.9 Å². The average molecular weight is 501 g/mol. The third kappa shape index (κ3) is 6.07. The number of benzene rings is 1. The highest BCUT2D eigenvalue weighted by Crippen LogP contribution is 2.32. The van der Waals surface area contributed by atoms with Crippen molar-refractivity contribution in [3.05, 3.63) is 59.5 Å². The molecule has 10 heteroatoms. The van der Waals surface area contributed by atoms with Gasteiger partial charge < -0.3 is 19.4 Å². The van der Waals surface area contributed by atoms with E-state index in [-0.39, 0.29) is 30.6 Å². The van der Waals surface area contributed by atoms with Gasteiger partial charge in [-0.15, -0.1) is 0 Å². The first-order chi connectivity index (χ1) is 17.0. The first kappa shape index (κ1) is 25.3. The van der Waals surface area contributed by atoms with E-state index in [2.05, 4.69) is 19.6 Å². The summed E-state index contributed by atoms with van der Waals surface area (Å²) in [7, 11) is -1.89. The zero-order chi connectivity index (χ0) is 24.7. The van der Waals surface area contributed by atoms with Crippen LogP contribution in [0.25, 0.3) is 10.9 Å². The molecule has 188 valence electrons. The van der Waals surface area contributed by atoms with Gasteiger partial charge in [-0.3, -0.25) is 9.78 Å². The average Bonchev–Trinajstić information content (AvgIpc) is 3.20. The maximum Gasteiger partial charge on any atom is 0.251 e. The van der Waals surface area contributed by atoms with Crippen molar-refractivity contribution >= 4 is 26.8 Å². The Morgan fingerprint density at radius 1 is 1.11 bits per heavy atom. The van der Waals surface area contributed by atoms with Gasteiger partial charge in [-0.25, -0.2) is 13.1 Å².